The van der Waals surface area contributed by atoms with Gasteiger partial charge in [0, 0.05) is 11.9 Å². The fourth-order valence-corrected chi connectivity index (χ4v) is 4.34. The first-order valence-electron chi connectivity index (χ1n) is 10.3. The Kier molecular flexibility index (Phi) is 9.02. The summed E-state index contributed by atoms with van der Waals surface area (Å²) in [7, 11) is 0. The second-order valence-corrected chi connectivity index (χ2v) is 8.58. The predicted molar refractivity (Wildman–Crippen MR) is 128 cm³/mol. The summed E-state index contributed by atoms with van der Waals surface area (Å²) in [6.45, 7) is 8.25. The van der Waals surface area contributed by atoms with Crippen molar-refractivity contribution in [2.24, 2.45) is 0 Å². The van der Waals surface area contributed by atoms with Gasteiger partial charge in [0.25, 0.3) is 0 Å². The van der Waals surface area contributed by atoms with Gasteiger partial charge in [0.1, 0.15) is 5.75 Å². The van der Waals surface area contributed by atoms with Gasteiger partial charge >= 0.3 is 5.97 Å². The third-order valence-corrected chi connectivity index (χ3v) is 6.01. The number of allylic oxidation sites excluding steroid dienone is 1. The van der Waals surface area contributed by atoms with Gasteiger partial charge in [-0.05, 0) is 26.0 Å². The Balaban J connectivity index is 1.58. The molecular weight excluding hydrogens is 462 g/mol. The van der Waals surface area contributed by atoms with Gasteiger partial charge in [-0.2, -0.15) is 0 Å². The summed E-state index contributed by atoms with van der Waals surface area (Å²) in [6, 6.07) is 9.48. The molecule has 0 aliphatic carbocycles. The molecule has 0 saturated heterocycles. The number of nitrogens with zero attached hydrogens (tertiary/aromatic N) is 4. The number of aromatic nitrogens is 4. The van der Waals surface area contributed by atoms with Crippen LogP contribution in [0, 0.1) is 0 Å². The predicted octanol–water partition coefficient (Wildman–Crippen LogP) is 3.90. The van der Waals surface area contributed by atoms with E-state index in [0.717, 1.165) is 5.75 Å². The standard InChI is InChI=1S/C22H25N5O4S2/c1-4-11-27-20(15(3)31-17-9-7-6-8-10-17)25-26-22(27)33-14-18(28)24-21-23-16(13-32-21)12-19(29)30-5-2/h4,6-10,13,15H,1,5,11-12,14H2,2-3H3,(H,23,24,28). The van der Waals surface area contributed by atoms with Gasteiger partial charge < -0.3 is 14.8 Å². The van der Waals surface area contributed by atoms with Crippen LogP contribution in [0.5, 0.6) is 5.75 Å². The van der Waals surface area contributed by atoms with Gasteiger partial charge in [-0.3, -0.25) is 14.2 Å². The van der Waals surface area contributed by atoms with E-state index in [-0.39, 0.29) is 30.2 Å². The van der Waals surface area contributed by atoms with Crippen molar-refractivity contribution in [3.63, 3.8) is 0 Å². The highest BCUT2D eigenvalue weighted by Gasteiger charge is 2.20. The topological polar surface area (TPSA) is 108 Å². The fourth-order valence-electron chi connectivity index (χ4n) is 2.86. The maximum atomic E-state index is 12.4. The Labute approximate surface area is 200 Å². The Morgan fingerprint density at radius 2 is 2.09 bits per heavy atom. The second-order valence-electron chi connectivity index (χ2n) is 6.78. The molecule has 11 heteroatoms. The van der Waals surface area contributed by atoms with Crippen molar-refractivity contribution in [2.75, 3.05) is 17.7 Å². The molecule has 1 N–H and O–H groups in total. The third-order valence-electron chi connectivity index (χ3n) is 4.24. The number of para-hydroxylation sites is 1. The number of carbonyl (C=O) groups is 2. The van der Waals surface area contributed by atoms with Crippen LogP contribution in [0.15, 0.2) is 53.5 Å². The second kappa shape index (κ2) is 12.2. The fraction of sp³-hybridized carbons (Fsp3) is 0.318. The highest BCUT2D eigenvalue weighted by atomic mass is 32.2. The molecule has 0 fully saturated rings. The highest BCUT2D eigenvalue weighted by Crippen LogP contribution is 2.25. The molecule has 0 radical (unpaired) electrons. The van der Waals surface area contributed by atoms with Crippen LogP contribution < -0.4 is 10.1 Å². The number of anilines is 1. The van der Waals surface area contributed by atoms with Crippen molar-refractivity contribution < 1.29 is 19.1 Å². The molecule has 1 amide bonds. The molecule has 0 spiro atoms. The van der Waals surface area contributed by atoms with Gasteiger partial charge in [-0.25, -0.2) is 4.98 Å². The van der Waals surface area contributed by atoms with Crippen molar-refractivity contribution in [2.45, 2.75) is 38.1 Å². The van der Waals surface area contributed by atoms with Crippen molar-refractivity contribution in [1.82, 2.24) is 19.7 Å². The quantitative estimate of drug-likeness (QED) is 0.233. The number of carbonyl (C=O) groups excluding carboxylic acids is 2. The highest BCUT2D eigenvalue weighted by molar-refractivity contribution is 7.99. The summed E-state index contributed by atoms with van der Waals surface area (Å²) in [4.78, 5) is 28.2. The number of hydrogen-bond donors (Lipinski definition) is 1. The molecule has 2 heterocycles. The summed E-state index contributed by atoms with van der Waals surface area (Å²) in [5.74, 6) is 0.915. The maximum Gasteiger partial charge on any atom is 0.311 e. The molecule has 0 aliphatic heterocycles. The molecule has 9 nitrogen and oxygen atoms in total. The number of nitrogens with one attached hydrogen (secondary N) is 1. The molecule has 0 aliphatic rings. The number of benzene rings is 1. The number of amides is 1. The molecule has 1 aromatic carbocycles. The van der Waals surface area contributed by atoms with Crippen LogP contribution in [-0.4, -0.2) is 44.0 Å². The van der Waals surface area contributed by atoms with Gasteiger partial charge in [0.2, 0.25) is 5.91 Å². The molecule has 174 valence electrons. The molecule has 1 atom stereocenters. The first-order chi connectivity index (χ1) is 16.0. The van der Waals surface area contributed by atoms with E-state index in [2.05, 4.69) is 27.1 Å². The minimum absolute atomic E-state index is 0.0750. The van der Waals surface area contributed by atoms with Crippen LogP contribution in [0.2, 0.25) is 0 Å². The van der Waals surface area contributed by atoms with Crippen LogP contribution in [0.4, 0.5) is 5.13 Å². The van der Waals surface area contributed by atoms with Crippen molar-refractivity contribution in [3.8, 4) is 5.75 Å². The lowest BCUT2D eigenvalue weighted by molar-refractivity contribution is -0.142. The molecule has 3 aromatic rings. The smallest absolute Gasteiger partial charge is 0.311 e. The first kappa shape index (κ1) is 24.5. The van der Waals surface area contributed by atoms with E-state index in [1.54, 1.807) is 18.4 Å². The molecule has 3 rings (SSSR count). The van der Waals surface area contributed by atoms with Crippen molar-refractivity contribution in [3.05, 3.63) is 59.9 Å². The van der Waals surface area contributed by atoms with Gasteiger partial charge in [0.15, 0.2) is 22.2 Å². The van der Waals surface area contributed by atoms with Gasteiger partial charge in [0.05, 0.1) is 24.5 Å². The van der Waals surface area contributed by atoms with E-state index in [1.807, 2.05) is 41.8 Å². The van der Waals surface area contributed by atoms with E-state index in [4.69, 9.17) is 9.47 Å². The first-order valence-corrected chi connectivity index (χ1v) is 12.1. The summed E-state index contributed by atoms with van der Waals surface area (Å²) >= 11 is 2.52. The lowest BCUT2D eigenvalue weighted by Crippen LogP contribution is -2.15. The zero-order chi connectivity index (χ0) is 23.6. The Morgan fingerprint density at radius 3 is 2.82 bits per heavy atom. The van der Waals surface area contributed by atoms with Gasteiger partial charge in [-0.15, -0.1) is 28.1 Å². The van der Waals surface area contributed by atoms with Crippen molar-refractivity contribution >= 4 is 40.1 Å². The number of rotatable bonds is 12. The molecule has 1 unspecified atom stereocenters. The summed E-state index contributed by atoms with van der Waals surface area (Å²) in [6.07, 6.45) is 1.48. The molecule has 0 bridgehead atoms. The van der Waals surface area contributed by atoms with E-state index in [1.165, 1.54) is 23.1 Å². The third kappa shape index (κ3) is 7.16. The maximum absolute atomic E-state index is 12.4. The molecule has 33 heavy (non-hydrogen) atoms. The number of esters is 1. The van der Waals surface area contributed by atoms with Crippen LogP contribution >= 0.6 is 23.1 Å². The van der Waals surface area contributed by atoms with E-state index in [9.17, 15) is 9.59 Å². The average molecular weight is 488 g/mol. The number of ether oxygens (including phenoxy) is 2. The molecule has 0 saturated carbocycles. The van der Waals surface area contributed by atoms with Crippen LogP contribution in [0.3, 0.4) is 0 Å². The largest absolute Gasteiger partial charge is 0.483 e. The number of thioether (sulfide) groups is 1. The monoisotopic (exact) mass is 487 g/mol. The Bertz CT molecular complexity index is 1080. The Hall–Kier alpha value is -3.18. The van der Waals surface area contributed by atoms with Gasteiger partial charge in [-0.1, -0.05) is 36.0 Å². The van der Waals surface area contributed by atoms with E-state index < -0.39 is 0 Å². The minimum Gasteiger partial charge on any atom is -0.483 e. The SMILES string of the molecule is C=CCn1c(SCC(=O)Nc2nc(CC(=O)OCC)cs2)nnc1C(C)Oc1ccccc1. The normalized spacial score (nSPS) is 11.6. The van der Waals surface area contributed by atoms with Crippen LogP contribution in [-0.2, 0) is 27.3 Å². The Morgan fingerprint density at radius 1 is 1.30 bits per heavy atom. The van der Waals surface area contributed by atoms with E-state index >= 15 is 0 Å². The lowest BCUT2D eigenvalue weighted by atomic mass is 10.3. The summed E-state index contributed by atoms with van der Waals surface area (Å²) in [5.41, 5.74) is 0.559. The zero-order valence-corrected chi connectivity index (χ0v) is 20.0. The average Bonchev–Trinajstić information content (AvgIpc) is 3.40. The number of thiazole rings is 1. The van der Waals surface area contributed by atoms with Crippen molar-refractivity contribution in [1.29, 1.82) is 0 Å². The summed E-state index contributed by atoms with van der Waals surface area (Å²) in [5, 5.41) is 14.0. The van der Waals surface area contributed by atoms with Crippen LogP contribution in [0.25, 0.3) is 0 Å². The van der Waals surface area contributed by atoms with E-state index in [0.29, 0.717) is 35.0 Å². The molecule has 2 aromatic heterocycles. The molecular formula is C22H25N5O4S2. The summed E-state index contributed by atoms with van der Waals surface area (Å²) < 4.78 is 12.7. The minimum atomic E-state index is -0.348. The lowest BCUT2D eigenvalue weighted by Gasteiger charge is -2.15. The van der Waals surface area contributed by atoms with Crippen LogP contribution in [0.1, 0.15) is 31.5 Å². The number of hydrogen-bond acceptors (Lipinski definition) is 9. The zero-order valence-electron chi connectivity index (χ0n) is 18.4.